The number of thiocarbonyl (C=S) groups is 1. The van der Waals surface area contributed by atoms with Crippen LogP contribution in [0.2, 0.25) is 0 Å². The van der Waals surface area contributed by atoms with Gasteiger partial charge in [-0.2, -0.15) is 0 Å². The quantitative estimate of drug-likeness (QED) is 0.839. The zero-order valence-electron chi connectivity index (χ0n) is 13.2. The normalized spacial score (nSPS) is 17.8. The van der Waals surface area contributed by atoms with Gasteiger partial charge >= 0.3 is 0 Å². The summed E-state index contributed by atoms with van der Waals surface area (Å²) < 4.78 is 23.6. The average molecular weight is 372 g/mol. The Kier molecular flexibility index (Phi) is 4.96. The van der Waals surface area contributed by atoms with E-state index in [0.29, 0.717) is 11.3 Å². The van der Waals surface area contributed by atoms with E-state index >= 15 is 0 Å². The molecule has 0 bridgehead atoms. The number of sulfone groups is 1. The van der Waals surface area contributed by atoms with Gasteiger partial charge in [-0.15, -0.1) is 0 Å². The largest absolute Gasteiger partial charge is 0.311 e. The molecule has 2 aromatic carbocycles. The Labute approximate surface area is 151 Å². The first kappa shape index (κ1) is 17.3. The van der Waals surface area contributed by atoms with E-state index in [0.717, 1.165) is 0 Å². The minimum Gasteiger partial charge on any atom is -0.311 e. The fraction of sp³-hybridized carbons (Fsp3) is 0.111. The Morgan fingerprint density at radius 3 is 2.20 bits per heavy atom. The maximum atomic E-state index is 12.4. The van der Waals surface area contributed by atoms with Crippen molar-refractivity contribution >= 4 is 38.8 Å². The number of carbonyl (C=O) groups is 1. The molecule has 1 heterocycles. The van der Waals surface area contributed by atoms with Crippen molar-refractivity contribution in [2.45, 2.75) is 6.04 Å². The Bertz CT molecular complexity index is 910. The molecule has 0 aromatic heterocycles. The molecule has 3 rings (SSSR count). The lowest BCUT2D eigenvalue weighted by molar-refractivity contribution is 0.0977. The van der Waals surface area contributed by atoms with Gasteiger partial charge in [-0.05, 0) is 42.6 Å². The molecular weight excluding hydrogens is 356 g/mol. The highest BCUT2D eigenvalue weighted by atomic mass is 32.2. The standard InChI is InChI=1S/C18H16N2O3S2/c21-17(14-7-3-1-4-8-14)19-18(24)20(15-9-5-2-6-10-15)16-11-12-25(22,23)13-16/h1-12,16H,13H2,(H,19,21,24)/t16-/m1/s1. The third-order valence-corrected chi connectivity index (χ3v) is 5.43. The summed E-state index contributed by atoms with van der Waals surface area (Å²) in [6.45, 7) is 0. The van der Waals surface area contributed by atoms with E-state index in [2.05, 4.69) is 5.32 Å². The Morgan fingerprint density at radius 2 is 1.64 bits per heavy atom. The van der Waals surface area contributed by atoms with Crippen molar-refractivity contribution < 1.29 is 13.2 Å². The molecule has 1 amide bonds. The smallest absolute Gasteiger partial charge is 0.257 e. The van der Waals surface area contributed by atoms with Gasteiger partial charge in [0.05, 0.1) is 11.8 Å². The number of hydrogen-bond acceptors (Lipinski definition) is 4. The average Bonchev–Trinajstić information content (AvgIpc) is 2.96. The summed E-state index contributed by atoms with van der Waals surface area (Å²) in [6, 6.07) is 17.4. The van der Waals surface area contributed by atoms with Crippen LogP contribution in [0.4, 0.5) is 5.69 Å². The monoisotopic (exact) mass is 372 g/mol. The van der Waals surface area contributed by atoms with E-state index in [9.17, 15) is 13.2 Å². The van der Waals surface area contributed by atoms with Crippen molar-refractivity contribution in [1.82, 2.24) is 5.32 Å². The van der Waals surface area contributed by atoms with Gasteiger partial charge < -0.3 is 4.90 Å². The fourth-order valence-electron chi connectivity index (χ4n) is 2.59. The van der Waals surface area contributed by atoms with Gasteiger partial charge in [0.15, 0.2) is 14.9 Å². The minimum atomic E-state index is -3.26. The summed E-state index contributed by atoms with van der Waals surface area (Å²) >= 11 is 5.41. The predicted octanol–water partition coefficient (Wildman–Crippen LogP) is 2.52. The molecular formula is C18H16N2O3S2. The van der Waals surface area contributed by atoms with Gasteiger partial charge in [-0.1, -0.05) is 36.4 Å². The first-order valence-corrected chi connectivity index (χ1v) is 9.74. The van der Waals surface area contributed by atoms with Gasteiger partial charge in [0, 0.05) is 16.7 Å². The highest BCUT2D eigenvalue weighted by Gasteiger charge is 2.30. The van der Waals surface area contributed by atoms with Gasteiger partial charge in [0.25, 0.3) is 5.91 Å². The third kappa shape index (κ3) is 4.12. The second-order valence-electron chi connectivity index (χ2n) is 5.56. The number of benzene rings is 2. The van der Waals surface area contributed by atoms with Crippen LogP contribution in [0, 0.1) is 0 Å². The van der Waals surface area contributed by atoms with Crippen LogP contribution in [-0.4, -0.2) is 31.2 Å². The second-order valence-corrected chi connectivity index (χ2v) is 7.87. The number of nitrogens with zero attached hydrogens (tertiary/aromatic N) is 1. The zero-order valence-corrected chi connectivity index (χ0v) is 14.8. The molecule has 0 unspecified atom stereocenters. The van der Waals surface area contributed by atoms with Crippen LogP contribution >= 0.6 is 12.2 Å². The van der Waals surface area contributed by atoms with Crippen molar-refractivity contribution in [1.29, 1.82) is 0 Å². The number of rotatable bonds is 3. The molecule has 1 N–H and O–H groups in total. The first-order chi connectivity index (χ1) is 12.0. The molecule has 1 atom stereocenters. The van der Waals surface area contributed by atoms with E-state index in [-0.39, 0.29) is 16.8 Å². The van der Waals surface area contributed by atoms with Crippen LogP contribution in [-0.2, 0) is 9.84 Å². The molecule has 5 nitrogen and oxygen atoms in total. The van der Waals surface area contributed by atoms with Gasteiger partial charge in [-0.25, -0.2) is 8.42 Å². The summed E-state index contributed by atoms with van der Waals surface area (Å²) in [7, 11) is -3.26. The van der Waals surface area contributed by atoms with Crippen LogP contribution in [0.5, 0.6) is 0 Å². The van der Waals surface area contributed by atoms with Crippen molar-refractivity contribution in [3.8, 4) is 0 Å². The third-order valence-electron chi connectivity index (χ3n) is 3.75. The molecule has 0 aliphatic carbocycles. The highest BCUT2D eigenvalue weighted by Crippen LogP contribution is 2.22. The number of amides is 1. The van der Waals surface area contributed by atoms with Crippen LogP contribution in [0.1, 0.15) is 10.4 Å². The van der Waals surface area contributed by atoms with Crippen LogP contribution < -0.4 is 10.2 Å². The molecule has 0 fully saturated rings. The topological polar surface area (TPSA) is 66.5 Å². The molecule has 0 saturated heterocycles. The maximum Gasteiger partial charge on any atom is 0.257 e. The van der Waals surface area contributed by atoms with Gasteiger partial charge in [-0.3, -0.25) is 10.1 Å². The zero-order chi connectivity index (χ0) is 17.9. The lowest BCUT2D eigenvalue weighted by Crippen LogP contribution is -2.48. The molecule has 0 spiro atoms. The molecule has 2 aromatic rings. The summed E-state index contributed by atoms with van der Waals surface area (Å²) in [4.78, 5) is 14.0. The Balaban J connectivity index is 1.86. The molecule has 1 aliphatic rings. The molecule has 25 heavy (non-hydrogen) atoms. The molecule has 7 heteroatoms. The number of para-hydroxylation sites is 1. The fourth-order valence-corrected chi connectivity index (χ4v) is 4.19. The first-order valence-electron chi connectivity index (χ1n) is 7.62. The lowest BCUT2D eigenvalue weighted by Gasteiger charge is -2.30. The Morgan fingerprint density at radius 1 is 1.04 bits per heavy atom. The summed E-state index contributed by atoms with van der Waals surface area (Å²) in [6.07, 6.45) is 1.59. The van der Waals surface area contributed by atoms with Gasteiger partial charge in [0.2, 0.25) is 0 Å². The van der Waals surface area contributed by atoms with Crippen molar-refractivity contribution in [3.05, 3.63) is 77.7 Å². The van der Waals surface area contributed by atoms with E-state index in [1.807, 2.05) is 36.4 Å². The van der Waals surface area contributed by atoms with Crippen LogP contribution in [0.25, 0.3) is 0 Å². The van der Waals surface area contributed by atoms with Crippen molar-refractivity contribution in [2.24, 2.45) is 0 Å². The van der Waals surface area contributed by atoms with E-state index in [4.69, 9.17) is 12.2 Å². The summed E-state index contributed by atoms with van der Waals surface area (Å²) in [5, 5.41) is 4.04. The predicted molar refractivity (Wildman–Crippen MR) is 102 cm³/mol. The van der Waals surface area contributed by atoms with Crippen LogP contribution in [0.3, 0.4) is 0 Å². The maximum absolute atomic E-state index is 12.4. The molecule has 0 radical (unpaired) electrons. The SMILES string of the molecule is O=C(NC(=S)N(c1ccccc1)[C@@H]1C=CS(=O)(=O)C1)c1ccccc1. The minimum absolute atomic E-state index is 0.0801. The lowest BCUT2D eigenvalue weighted by atomic mass is 10.2. The van der Waals surface area contributed by atoms with E-state index in [1.54, 1.807) is 35.2 Å². The van der Waals surface area contributed by atoms with E-state index in [1.165, 1.54) is 5.41 Å². The number of nitrogens with one attached hydrogen (secondary N) is 1. The summed E-state index contributed by atoms with van der Waals surface area (Å²) in [5.41, 5.74) is 1.19. The van der Waals surface area contributed by atoms with E-state index < -0.39 is 15.9 Å². The number of carbonyl (C=O) groups excluding carboxylic acids is 1. The van der Waals surface area contributed by atoms with Crippen molar-refractivity contribution in [2.75, 3.05) is 10.7 Å². The summed E-state index contributed by atoms with van der Waals surface area (Å²) in [5.74, 6) is -0.417. The Hall–Kier alpha value is -2.51. The number of hydrogen-bond donors (Lipinski definition) is 1. The van der Waals surface area contributed by atoms with Gasteiger partial charge in [0.1, 0.15) is 0 Å². The molecule has 0 saturated carbocycles. The molecule has 1 aliphatic heterocycles. The second kappa shape index (κ2) is 7.16. The van der Waals surface area contributed by atoms with Crippen molar-refractivity contribution in [3.63, 3.8) is 0 Å². The highest BCUT2D eigenvalue weighted by molar-refractivity contribution is 7.94. The molecule has 128 valence electrons. The number of anilines is 1. The van der Waals surface area contributed by atoms with Crippen LogP contribution in [0.15, 0.2) is 72.1 Å².